The van der Waals surface area contributed by atoms with Crippen LogP contribution < -0.4 is 5.32 Å². The van der Waals surface area contributed by atoms with Crippen LogP contribution in [0.5, 0.6) is 0 Å². The Morgan fingerprint density at radius 2 is 1.88 bits per heavy atom. The van der Waals surface area contributed by atoms with Crippen molar-refractivity contribution in [1.29, 1.82) is 0 Å². The molecule has 122 valence electrons. The lowest BCUT2D eigenvalue weighted by Crippen LogP contribution is -2.14. The molecule has 0 aliphatic carbocycles. The van der Waals surface area contributed by atoms with Gasteiger partial charge in [0, 0.05) is 0 Å². The number of nitrogens with zero attached hydrogens (tertiary/aromatic N) is 2. The lowest BCUT2D eigenvalue weighted by atomic mass is 10.2. The van der Waals surface area contributed by atoms with Crippen LogP contribution in [0.3, 0.4) is 0 Å². The Morgan fingerprint density at radius 1 is 1.17 bits per heavy atom. The first-order valence-electron chi connectivity index (χ1n) is 7.35. The number of para-hydroxylation sites is 1. The third-order valence-electron chi connectivity index (χ3n) is 3.60. The number of anilines is 1. The van der Waals surface area contributed by atoms with Crippen molar-refractivity contribution in [3.05, 3.63) is 76.3 Å². The molecule has 1 aromatic heterocycles. The van der Waals surface area contributed by atoms with Crippen molar-refractivity contribution >= 4 is 23.2 Å². The number of carbonyl (C=O) groups is 1. The first kappa shape index (κ1) is 16.2. The third kappa shape index (κ3) is 3.03. The van der Waals surface area contributed by atoms with Gasteiger partial charge in [-0.2, -0.15) is 5.10 Å². The second-order valence-corrected chi connectivity index (χ2v) is 5.79. The number of hydrogen-bond acceptors (Lipinski definition) is 2. The summed E-state index contributed by atoms with van der Waals surface area (Å²) in [5, 5.41) is 7.04. The molecule has 2 aromatic carbocycles. The van der Waals surface area contributed by atoms with Gasteiger partial charge in [0.25, 0.3) is 5.91 Å². The summed E-state index contributed by atoms with van der Waals surface area (Å²) < 4.78 is 15.4. The van der Waals surface area contributed by atoms with Crippen LogP contribution in [0.1, 0.15) is 21.6 Å². The zero-order chi connectivity index (χ0) is 17.3. The van der Waals surface area contributed by atoms with Crippen LogP contribution in [0.4, 0.5) is 10.1 Å². The predicted octanol–water partition coefficient (Wildman–Crippen LogP) is 4.53. The maximum absolute atomic E-state index is 13.9. The van der Waals surface area contributed by atoms with E-state index in [1.54, 1.807) is 19.9 Å². The molecule has 0 saturated heterocycles. The molecule has 0 fully saturated rings. The Labute approximate surface area is 143 Å². The number of aryl methyl sites for hydroxylation is 2. The molecule has 0 spiro atoms. The van der Waals surface area contributed by atoms with E-state index in [4.69, 9.17) is 11.6 Å². The fourth-order valence-electron chi connectivity index (χ4n) is 2.40. The van der Waals surface area contributed by atoms with Gasteiger partial charge in [-0.1, -0.05) is 35.9 Å². The van der Waals surface area contributed by atoms with Gasteiger partial charge < -0.3 is 5.32 Å². The van der Waals surface area contributed by atoms with Gasteiger partial charge in [0.2, 0.25) is 0 Å². The van der Waals surface area contributed by atoms with Crippen LogP contribution in [0.2, 0.25) is 5.15 Å². The molecular weight excluding hydrogens is 329 g/mol. The number of halogens is 2. The number of amides is 1. The summed E-state index contributed by atoms with van der Waals surface area (Å²) in [6.45, 7) is 3.46. The molecule has 3 rings (SSSR count). The Balaban J connectivity index is 1.95. The van der Waals surface area contributed by atoms with Crippen LogP contribution in [0.15, 0.2) is 48.5 Å². The molecule has 0 bridgehead atoms. The van der Waals surface area contributed by atoms with Crippen molar-refractivity contribution in [1.82, 2.24) is 9.78 Å². The SMILES string of the molecule is Cc1ccc(NC(=O)c2c(C)nn(-c3ccccc3)c2Cl)c(F)c1. The summed E-state index contributed by atoms with van der Waals surface area (Å²) in [6, 6.07) is 13.8. The van der Waals surface area contributed by atoms with E-state index < -0.39 is 11.7 Å². The minimum Gasteiger partial charge on any atom is -0.319 e. The second-order valence-electron chi connectivity index (χ2n) is 5.44. The van der Waals surface area contributed by atoms with E-state index in [0.717, 1.165) is 11.3 Å². The number of benzene rings is 2. The van der Waals surface area contributed by atoms with Crippen LogP contribution in [0, 0.1) is 19.7 Å². The number of hydrogen-bond donors (Lipinski definition) is 1. The molecule has 3 aromatic rings. The first-order chi connectivity index (χ1) is 11.5. The number of carbonyl (C=O) groups excluding carboxylic acids is 1. The molecule has 0 aliphatic rings. The topological polar surface area (TPSA) is 46.9 Å². The highest BCUT2D eigenvalue weighted by Crippen LogP contribution is 2.25. The molecule has 1 heterocycles. The first-order valence-corrected chi connectivity index (χ1v) is 7.73. The van der Waals surface area contributed by atoms with Crippen molar-refractivity contribution in [2.75, 3.05) is 5.32 Å². The maximum Gasteiger partial charge on any atom is 0.260 e. The average molecular weight is 344 g/mol. The molecule has 4 nitrogen and oxygen atoms in total. The fourth-order valence-corrected chi connectivity index (χ4v) is 2.76. The van der Waals surface area contributed by atoms with E-state index in [9.17, 15) is 9.18 Å². The van der Waals surface area contributed by atoms with Crippen LogP contribution >= 0.6 is 11.6 Å². The van der Waals surface area contributed by atoms with Crippen LogP contribution in [-0.4, -0.2) is 15.7 Å². The monoisotopic (exact) mass is 343 g/mol. The number of aromatic nitrogens is 2. The number of rotatable bonds is 3. The summed E-state index contributed by atoms with van der Waals surface area (Å²) >= 11 is 6.34. The van der Waals surface area contributed by atoms with Gasteiger partial charge in [0.1, 0.15) is 16.5 Å². The summed E-state index contributed by atoms with van der Waals surface area (Å²) in [5.74, 6) is -0.991. The van der Waals surface area contributed by atoms with E-state index in [-0.39, 0.29) is 16.4 Å². The molecule has 6 heteroatoms. The highest BCUT2D eigenvalue weighted by molar-refractivity contribution is 6.34. The average Bonchev–Trinajstić information content (AvgIpc) is 2.85. The second kappa shape index (κ2) is 6.45. The molecule has 0 atom stereocenters. The summed E-state index contributed by atoms with van der Waals surface area (Å²) in [4.78, 5) is 12.5. The molecule has 0 unspecified atom stereocenters. The molecule has 1 amide bonds. The highest BCUT2D eigenvalue weighted by atomic mass is 35.5. The Kier molecular flexibility index (Phi) is 4.36. The van der Waals surface area contributed by atoms with E-state index in [1.807, 2.05) is 30.3 Å². The van der Waals surface area contributed by atoms with Crippen molar-refractivity contribution in [2.45, 2.75) is 13.8 Å². The third-order valence-corrected chi connectivity index (χ3v) is 3.95. The van der Waals surface area contributed by atoms with Gasteiger partial charge >= 0.3 is 0 Å². The fraction of sp³-hybridized carbons (Fsp3) is 0.111. The van der Waals surface area contributed by atoms with E-state index in [1.165, 1.54) is 16.8 Å². The van der Waals surface area contributed by atoms with E-state index in [0.29, 0.717) is 5.69 Å². The van der Waals surface area contributed by atoms with Crippen molar-refractivity contribution in [2.24, 2.45) is 0 Å². The standard InChI is InChI=1S/C18H15ClFN3O/c1-11-8-9-15(14(20)10-11)21-18(24)16-12(2)22-23(17(16)19)13-6-4-3-5-7-13/h3-10H,1-2H3,(H,21,24). The van der Waals surface area contributed by atoms with Crippen LogP contribution in [0.25, 0.3) is 5.69 Å². The lowest BCUT2D eigenvalue weighted by Gasteiger charge is -2.07. The zero-order valence-corrected chi connectivity index (χ0v) is 13.9. The Hall–Kier alpha value is -2.66. The minimum atomic E-state index is -0.498. The molecule has 24 heavy (non-hydrogen) atoms. The molecular formula is C18H15ClFN3O. The van der Waals surface area contributed by atoms with E-state index in [2.05, 4.69) is 10.4 Å². The quantitative estimate of drug-likeness (QED) is 0.759. The molecule has 0 aliphatic heterocycles. The molecule has 0 saturated carbocycles. The minimum absolute atomic E-state index is 0.105. The van der Waals surface area contributed by atoms with Gasteiger partial charge in [-0.15, -0.1) is 0 Å². The normalized spacial score (nSPS) is 10.7. The lowest BCUT2D eigenvalue weighted by molar-refractivity contribution is 0.102. The number of nitrogens with one attached hydrogen (secondary N) is 1. The summed E-state index contributed by atoms with van der Waals surface area (Å²) in [6.07, 6.45) is 0. The van der Waals surface area contributed by atoms with Crippen molar-refractivity contribution in [3.8, 4) is 5.69 Å². The van der Waals surface area contributed by atoms with Gasteiger partial charge in [-0.05, 0) is 43.7 Å². The van der Waals surface area contributed by atoms with Gasteiger partial charge in [0.15, 0.2) is 0 Å². The Morgan fingerprint density at radius 3 is 2.54 bits per heavy atom. The van der Waals surface area contributed by atoms with E-state index >= 15 is 0 Å². The largest absolute Gasteiger partial charge is 0.319 e. The van der Waals surface area contributed by atoms with Gasteiger partial charge in [0.05, 0.1) is 17.1 Å². The zero-order valence-electron chi connectivity index (χ0n) is 13.2. The van der Waals surface area contributed by atoms with Crippen LogP contribution in [-0.2, 0) is 0 Å². The van der Waals surface area contributed by atoms with Crippen molar-refractivity contribution in [3.63, 3.8) is 0 Å². The molecule has 1 N–H and O–H groups in total. The Bertz CT molecular complexity index is 906. The molecule has 0 radical (unpaired) electrons. The van der Waals surface area contributed by atoms with Gasteiger partial charge in [-0.25, -0.2) is 9.07 Å². The van der Waals surface area contributed by atoms with Gasteiger partial charge in [-0.3, -0.25) is 4.79 Å². The summed E-state index contributed by atoms with van der Waals surface area (Å²) in [7, 11) is 0. The highest BCUT2D eigenvalue weighted by Gasteiger charge is 2.22. The smallest absolute Gasteiger partial charge is 0.260 e. The summed E-state index contributed by atoms with van der Waals surface area (Å²) in [5.41, 5.74) is 2.31. The predicted molar refractivity (Wildman–Crippen MR) is 92.4 cm³/mol. The maximum atomic E-state index is 13.9. The van der Waals surface area contributed by atoms with Crippen molar-refractivity contribution < 1.29 is 9.18 Å².